The van der Waals surface area contributed by atoms with E-state index in [-0.39, 0.29) is 17.6 Å². The summed E-state index contributed by atoms with van der Waals surface area (Å²) in [5, 5.41) is 11.7. The number of anilines is 1. The molecule has 3 rings (SSSR count). The highest BCUT2D eigenvalue weighted by molar-refractivity contribution is 5.95. The molecule has 0 bridgehead atoms. The van der Waals surface area contributed by atoms with Crippen LogP contribution in [0.3, 0.4) is 0 Å². The van der Waals surface area contributed by atoms with Crippen molar-refractivity contribution in [3.05, 3.63) is 59.4 Å². The Bertz CT molecular complexity index is 858. The Kier molecular flexibility index (Phi) is 5.35. The van der Waals surface area contributed by atoms with Crippen molar-refractivity contribution >= 4 is 23.6 Å². The van der Waals surface area contributed by atoms with E-state index in [1.165, 1.54) is 18.3 Å². The van der Waals surface area contributed by atoms with Gasteiger partial charge in [-0.3, -0.25) is 4.79 Å². The van der Waals surface area contributed by atoms with Crippen LogP contribution in [0.25, 0.3) is 0 Å². The van der Waals surface area contributed by atoms with Crippen LogP contribution in [0.2, 0.25) is 0 Å². The van der Waals surface area contributed by atoms with Crippen LogP contribution in [0.4, 0.5) is 10.5 Å². The predicted molar refractivity (Wildman–Crippen MR) is 98.9 cm³/mol. The first-order valence-corrected chi connectivity index (χ1v) is 8.55. The van der Waals surface area contributed by atoms with Gasteiger partial charge in [-0.1, -0.05) is 12.1 Å². The Morgan fingerprint density at radius 3 is 2.33 bits per heavy atom. The minimum atomic E-state index is -1.14. The van der Waals surface area contributed by atoms with E-state index < -0.39 is 5.97 Å². The highest BCUT2D eigenvalue weighted by atomic mass is 16.4. The number of hydrogen-bond acceptors (Lipinski definition) is 4. The van der Waals surface area contributed by atoms with Gasteiger partial charge in [-0.2, -0.15) is 0 Å². The SMILES string of the molecule is Cc1cccc(NC(=O)N2CCN(C(=O)c3ccc(C(=O)O)nc3)CC2)c1. The van der Waals surface area contributed by atoms with Gasteiger partial charge >= 0.3 is 12.0 Å². The van der Waals surface area contributed by atoms with Gasteiger partial charge in [0.1, 0.15) is 5.69 Å². The number of carbonyl (C=O) groups excluding carboxylic acids is 2. The number of aromatic nitrogens is 1. The van der Waals surface area contributed by atoms with E-state index in [1.54, 1.807) is 9.80 Å². The Balaban J connectivity index is 1.55. The van der Waals surface area contributed by atoms with Crippen molar-refractivity contribution in [2.45, 2.75) is 6.92 Å². The highest BCUT2D eigenvalue weighted by Gasteiger charge is 2.25. The van der Waals surface area contributed by atoms with E-state index in [0.29, 0.717) is 31.7 Å². The molecule has 0 saturated carbocycles. The van der Waals surface area contributed by atoms with Crippen molar-refractivity contribution in [3.8, 4) is 0 Å². The van der Waals surface area contributed by atoms with E-state index in [9.17, 15) is 14.4 Å². The van der Waals surface area contributed by atoms with Gasteiger partial charge in [0.05, 0.1) is 5.56 Å². The standard InChI is InChI=1S/C19H20N4O4/c1-13-3-2-4-15(11-13)21-19(27)23-9-7-22(8-10-23)17(24)14-5-6-16(18(25)26)20-12-14/h2-6,11-12H,7-10H2,1H3,(H,21,27)(H,25,26). The molecule has 1 aromatic carbocycles. The number of aryl methyl sites for hydroxylation is 1. The van der Waals surface area contributed by atoms with Gasteiger partial charge in [0.15, 0.2) is 0 Å². The fourth-order valence-corrected chi connectivity index (χ4v) is 2.87. The van der Waals surface area contributed by atoms with Crippen LogP contribution in [-0.4, -0.2) is 64.0 Å². The molecule has 0 aliphatic carbocycles. The molecule has 1 saturated heterocycles. The lowest BCUT2D eigenvalue weighted by Crippen LogP contribution is -2.51. The number of carboxylic acid groups (broad SMARTS) is 1. The third-order valence-electron chi connectivity index (χ3n) is 4.35. The van der Waals surface area contributed by atoms with E-state index in [4.69, 9.17) is 5.11 Å². The number of nitrogens with zero attached hydrogens (tertiary/aromatic N) is 3. The second kappa shape index (κ2) is 7.86. The fourth-order valence-electron chi connectivity index (χ4n) is 2.87. The van der Waals surface area contributed by atoms with E-state index in [0.717, 1.165) is 11.3 Å². The van der Waals surface area contributed by atoms with E-state index in [2.05, 4.69) is 10.3 Å². The largest absolute Gasteiger partial charge is 0.477 e. The van der Waals surface area contributed by atoms with E-state index >= 15 is 0 Å². The van der Waals surface area contributed by atoms with Crippen LogP contribution in [0.1, 0.15) is 26.4 Å². The molecule has 2 N–H and O–H groups in total. The Labute approximate surface area is 156 Å². The average Bonchev–Trinajstić information content (AvgIpc) is 2.67. The number of carbonyl (C=O) groups is 3. The van der Waals surface area contributed by atoms with E-state index in [1.807, 2.05) is 31.2 Å². The molecule has 3 amide bonds. The summed E-state index contributed by atoms with van der Waals surface area (Å²) in [5.41, 5.74) is 2.02. The normalized spacial score (nSPS) is 14.0. The number of pyridine rings is 1. The molecule has 0 spiro atoms. The Hall–Kier alpha value is -3.42. The average molecular weight is 368 g/mol. The molecule has 0 radical (unpaired) electrons. The molecule has 1 aromatic heterocycles. The molecular weight excluding hydrogens is 348 g/mol. The van der Waals surface area contributed by atoms with Crippen LogP contribution < -0.4 is 5.32 Å². The predicted octanol–water partition coefficient (Wildman–Crippen LogP) is 2.08. The smallest absolute Gasteiger partial charge is 0.354 e. The minimum absolute atomic E-state index is 0.107. The quantitative estimate of drug-likeness (QED) is 0.863. The summed E-state index contributed by atoms with van der Waals surface area (Å²) in [4.78, 5) is 42.8. The number of rotatable bonds is 3. The number of nitrogens with one attached hydrogen (secondary N) is 1. The summed E-state index contributed by atoms with van der Waals surface area (Å²) in [5.74, 6) is -1.36. The molecule has 8 heteroatoms. The number of piperazine rings is 1. The van der Waals surface area contributed by atoms with Gasteiger partial charge < -0.3 is 20.2 Å². The van der Waals surface area contributed by atoms with Crippen molar-refractivity contribution in [1.29, 1.82) is 0 Å². The number of hydrogen-bond donors (Lipinski definition) is 2. The number of amides is 3. The zero-order valence-electron chi connectivity index (χ0n) is 14.9. The molecule has 2 heterocycles. The summed E-state index contributed by atoms with van der Waals surface area (Å²) >= 11 is 0. The van der Waals surface area contributed by atoms with Gasteiger partial charge in [-0.25, -0.2) is 14.6 Å². The summed E-state index contributed by atoms with van der Waals surface area (Å²) < 4.78 is 0. The minimum Gasteiger partial charge on any atom is -0.477 e. The Morgan fingerprint density at radius 2 is 1.74 bits per heavy atom. The lowest BCUT2D eigenvalue weighted by atomic mass is 10.2. The van der Waals surface area contributed by atoms with Gasteiger partial charge in [0.25, 0.3) is 5.91 Å². The molecule has 1 aliphatic heterocycles. The molecular formula is C19H20N4O4. The van der Waals surface area contributed by atoms with Crippen LogP contribution >= 0.6 is 0 Å². The maximum Gasteiger partial charge on any atom is 0.354 e. The van der Waals surface area contributed by atoms with Gasteiger partial charge in [-0.05, 0) is 36.8 Å². The van der Waals surface area contributed by atoms with Crippen LogP contribution in [0, 0.1) is 6.92 Å². The number of urea groups is 1. The van der Waals surface area contributed by atoms with Crippen molar-refractivity contribution < 1.29 is 19.5 Å². The summed E-state index contributed by atoms with van der Waals surface area (Å²) in [6.07, 6.45) is 1.27. The lowest BCUT2D eigenvalue weighted by molar-refractivity contribution is 0.0664. The zero-order chi connectivity index (χ0) is 19.4. The molecule has 1 aliphatic rings. The highest BCUT2D eigenvalue weighted by Crippen LogP contribution is 2.13. The molecule has 1 fully saturated rings. The van der Waals surface area contributed by atoms with Gasteiger partial charge in [0.2, 0.25) is 0 Å². The van der Waals surface area contributed by atoms with Gasteiger partial charge in [-0.15, -0.1) is 0 Å². The van der Waals surface area contributed by atoms with Crippen molar-refractivity contribution in [2.75, 3.05) is 31.5 Å². The van der Waals surface area contributed by atoms with Crippen LogP contribution in [0.15, 0.2) is 42.6 Å². The molecule has 8 nitrogen and oxygen atoms in total. The monoisotopic (exact) mass is 368 g/mol. The summed E-state index contributed by atoms with van der Waals surface area (Å²) in [6, 6.07) is 10.1. The first-order valence-electron chi connectivity index (χ1n) is 8.55. The molecule has 0 atom stereocenters. The maximum atomic E-state index is 12.5. The van der Waals surface area contributed by atoms with Crippen LogP contribution in [0.5, 0.6) is 0 Å². The van der Waals surface area contributed by atoms with Gasteiger partial charge in [0, 0.05) is 38.1 Å². The third kappa shape index (κ3) is 4.41. The number of carboxylic acids is 1. The topological polar surface area (TPSA) is 103 Å². The van der Waals surface area contributed by atoms with Crippen LogP contribution in [-0.2, 0) is 0 Å². The summed E-state index contributed by atoms with van der Waals surface area (Å²) in [7, 11) is 0. The lowest BCUT2D eigenvalue weighted by Gasteiger charge is -2.34. The number of benzene rings is 1. The summed E-state index contributed by atoms with van der Waals surface area (Å²) in [6.45, 7) is 3.60. The Morgan fingerprint density at radius 1 is 1.04 bits per heavy atom. The third-order valence-corrected chi connectivity index (χ3v) is 4.35. The maximum absolute atomic E-state index is 12.5. The second-order valence-electron chi connectivity index (χ2n) is 6.32. The van der Waals surface area contributed by atoms with Crippen molar-refractivity contribution in [3.63, 3.8) is 0 Å². The first-order chi connectivity index (χ1) is 12.9. The van der Waals surface area contributed by atoms with Crippen molar-refractivity contribution in [1.82, 2.24) is 14.8 Å². The molecule has 2 aromatic rings. The zero-order valence-corrected chi connectivity index (χ0v) is 14.9. The molecule has 27 heavy (non-hydrogen) atoms. The first kappa shape index (κ1) is 18.4. The molecule has 0 unspecified atom stereocenters. The second-order valence-corrected chi connectivity index (χ2v) is 6.32. The van der Waals surface area contributed by atoms with Crippen molar-refractivity contribution in [2.24, 2.45) is 0 Å². The number of aromatic carboxylic acids is 1. The fraction of sp³-hybridized carbons (Fsp3) is 0.263. The molecule has 140 valence electrons.